The molecule has 0 spiro atoms. The van der Waals surface area contributed by atoms with Gasteiger partial charge >= 0.3 is 0 Å². The van der Waals surface area contributed by atoms with E-state index in [9.17, 15) is 9.59 Å². The van der Waals surface area contributed by atoms with Crippen LogP contribution >= 0.6 is 0 Å². The first-order chi connectivity index (χ1) is 7.70. The molecule has 1 atom stereocenters. The lowest BCUT2D eigenvalue weighted by Crippen LogP contribution is -2.49. The summed E-state index contributed by atoms with van der Waals surface area (Å²) in [6, 6.07) is 8.35. The van der Waals surface area contributed by atoms with Gasteiger partial charge in [0, 0.05) is 18.3 Å². The Morgan fingerprint density at radius 3 is 2.62 bits per heavy atom. The molecule has 1 aliphatic rings. The van der Waals surface area contributed by atoms with E-state index in [1.54, 1.807) is 17.2 Å². The van der Waals surface area contributed by atoms with Crippen molar-refractivity contribution in [2.75, 3.05) is 4.90 Å². The average Bonchev–Trinajstić information content (AvgIpc) is 2.29. The van der Waals surface area contributed by atoms with E-state index in [1.165, 1.54) is 0 Å². The Balaban J connectivity index is 2.38. The second-order valence-corrected chi connectivity index (χ2v) is 3.60. The molecule has 1 amide bonds. The van der Waals surface area contributed by atoms with Crippen LogP contribution in [-0.2, 0) is 9.59 Å². The molecule has 0 saturated heterocycles. The van der Waals surface area contributed by atoms with E-state index in [0.717, 1.165) is 5.69 Å². The minimum atomic E-state index is -0.882. The Kier molecular flexibility index (Phi) is 2.72. The van der Waals surface area contributed by atoms with Crippen molar-refractivity contribution >= 4 is 17.4 Å². The third kappa shape index (κ3) is 1.82. The molecule has 0 radical (unpaired) electrons. The van der Waals surface area contributed by atoms with Crippen molar-refractivity contribution in [2.45, 2.75) is 12.5 Å². The highest BCUT2D eigenvalue weighted by Crippen LogP contribution is 2.21. The lowest BCUT2D eigenvalue weighted by Gasteiger charge is -2.29. The third-order valence-corrected chi connectivity index (χ3v) is 2.49. The smallest absolute Gasteiger partial charge is 0.248 e. The van der Waals surface area contributed by atoms with Gasteiger partial charge in [-0.25, -0.2) is 0 Å². The number of carbonyl (C=O) groups is 2. The molecule has 4 heteroatoms. The maximum Gasteiger partial charge on any atom is 0.248 e. The van der Waals surface area contributed by atoms with Crippen molar-refractivity contribution in [3.8, 4) is 0 Å². The van der Waals surface area contributed by atoms with E-state index in [0.29, 0.717) is 0 Å². The van der Waals surface area contributed by atoms with Gasteiger partial charge in [0.15, 0.2) is 11.8 Å². The molecule has 4 nitrogen and oxygen atoms in total. The molecule has 82 valence electrons. The van der Waals surface area contributed by atoms with Crippen LogP contribution in [0.15, 0.2) is 42.6 Å². The van der Waals surface area contributed by atoms with Gasteiger partial charge in [-0.2, -0.15) is 0 Å². The number of ketones is 1. The fourth-order valence-electron chi connectivity index (χ4n) is 1.77. The zero-order valence-corrected chi connectivity index (χ0v) is 8.67. The van der Waals surface area contributed by atoms with Crippen LogP contribution in [0.2, 0.25) is 0 Å². The maximum absolute atomic E-state index is 11.6. The van der Waals surface area contributed by atoms with Gasteiger partial charge in [0.1, 0.15) is 0 Å². The Bertz CT molecular complexity index is 440. The van der Waals surface area contributed by atoms with Crippen molar-refractivity contribution in [3.05, 3.63) is 42.6 Å². The number of carbonyl (C=O) groups excluding carboxylic acids is 2. The Morgan fingerprint density at radius 1 is 1.31 bits per heavy atom. The second-order valence-electron chi connectivity index (χ2n) is 3.60. The molecule has 0 bridgehead atoms. The van der Waals surface area contributed by atoms with Crippen LogP contribution in [0.5, 0.6) is 0 Å². The number of nitrogens with two attached hydrogens (primary N) is 1. The molecule has 0 fully saturated rings. The average molecular weight is 216 g/mol. The van der Waals surface area contributed by atoms with Gasteiger partial charge in [0.25, 0.3) is 0 Å². The predicted octanol–water partition coefficient (Wildman–Crippen LogP) is 0.833. The summed E-state index contributed by atoms with van der Waals surface area (Å²) in [5, 5.41) is 0. The Labute approximate surface area is 93.3 Å². The van der Waals surface area contributed by atoms with Gasteiger partial charge in [-0.15, -0.1) is 0 Å². The summed E-state index contributed by atoms with van der Waals surface area (Å²) in [6.07, 6.45) is 3.72. The first-order valence-electron chi connectivity index (χ1n) is 5.02. The van der Waals surface area contributed by atoms with Crippen LogP contribution in [0.4, 0.5) is 5.69 Å². The number of hydrogen-bond acceptors (Lipinski definition) is 3. The summed E-state index contributed by atoms with van der Waals surface area (Å²) < 4.78 is 0. The van der Waals surface area contributed by atoms with Crippen molar-refractivity contribution in [1.29, 1.82) is 0 Å². The van der Waals surface area contributed by atoms with E-state index >= 15 is 0 Å². The number of allylic oxidation sites excluding steroid dienone is 1. The fraction of sp³-hybridized carbons (Fsp3) is 0.167. The van der Waals surface area contributed by atoms with E-state index in [-0.39, 0.29) is 12.2 Å². The topological polar surface area (TPSA) is 63.4 Å². The third-order valence-electron chi connectivity index (χ3n) is 2.49. The maximum atomic E-state index is 11.6. The summed E-state index contributed by atoms with van der Waals surface area (Å²) in [5.41, 5.74) is 6.04. The molecule has 1 unspecified atom stereocenters. The fourth-order valence-corrected chi connectivity index (χ4v) is 1.77. The molecule has 1 aromatic carbocycles. The molecule has 16 heavy (non-hydrogen) atoms. The normalized spacial score (nSPS) is 19.9. The van der Waals surface area contributed by atoms with Crippen molar-refractivity contribution in [2.24, 2.45) is 5.73 Å². The first kappa shape index (κ1) is 10.4. The summed E-state index contributed by atoms with van der Waals surface area (Å²) in [7, 11) is 0. The molecule has 0 aliphatic carbocycles. The Morgan fingerprint density at radius 2 is 2.00 bits per heavy atom. The highest BCUT2D eigenvalue weighted by Gasteiger charge is 2.31. The zero-order valence-electron chi connectivity index (χ0n) is 8.67. The highest BCUT2D eigenvalue weighted by atomic mass is 16.2. The minimum absolute atomic E-state index is 0.168. The molecule has 0 aromatic heterocycles. The van der Waals surface area contributed by atoms with Gasteiger partial charge in [-0.3, -0.25) is 9.59 Å². The highest BCUT2D eigenvalue weighted by molar-refractivity contribution is 6.09. The van der Waals surface area contributed by atoms with Crippen LogP contribution < -0.4 is 10.6 Å². The molecule has 1 aromatic rings. The number of para-hydroxylation sites is 1. The van der Waals surface area contributed by atoms with Crippen molar-refractivity contribution in [3.63, 3.8) is 0 Å². The lowest BCUT2D eigenvalue weighted by molar-refractivity contribution is -0.128. The van der Waals surface area contributed by atoms with Crippen LogP contribution in [0.3, 0.4) is 0 Å². The molecule has 1 heterocycles. The lowest BCUT2D eigenvalue weighted by atomic mass is 10.0. The number of amides is 1. The van der Waals surface area contributed by atoms with Crippen LogP contribution in [0.25, 0.3) is 0 Å². The molecule has 2 rings (SSSR count). The first-order valence-corrected chi connectivity index (χ1v) is 5.02. The number of hydrogen-bond donors (Lipinski definition) is 1. The van der Waals surface area contributed by atoms with Crippen LogP contribution in [-0.4, -0.2) is 17.7 Å². The van der Waals surface area contributed by atoms with Gasteiger partial charge in [0.05, 0.1) is 0 Å². The van der Waals surface area contributed by atoms with E-state index in [2.05, 4.69) is 0 Å². The number of primary amides is 1. The molecular formula is C12H12N2O2. The number of nitrogens with zero attached hydrogens (tertiary/aromatic N) is 1. The van der Waals surface area contributed by atoms with E-state index in [4.69, 9.17) is 5.73 Å². The monoisotopic (exact) mass is 216 g/mol. The predicted molar refractivity (Wildman–Crippen MR) is 60.7 cm³/mol. The van der Waals surface area contributed by atoms with Gasteiger partial charge in [0.2, 0.25) is 5.91 Å². The molecule has 0 saturated carbocycles. The summed E-state index contributed by atoms with van der Waals surface area (Å²) in [4.78, 5) is 24.5. The van der Waals surface area contributed by atoms with Gasteiger partial charge < -0.3 is 10.6 Å². The standard InChI is InChI=1S/C12H12N2O2/c13-12(16)11-10(15)7-4-8-14(11)9-5-2-1-3-6-9/h1-6,8,11H,7H2,(H2,13,16). The Hall–Kier alpha value is -2.10. The van der Waals surface area contributed by atoms with Gasteiger partial charge in [-0.05, 0) is 12.1 Å². The molecule has 1 aliphatic heterocycles. The second kappa shape index (κ2) is 4.18. The van der Waals surface area contributed by atoms with E-state index < -0.39 is 11.9 Å². The van der Waals surface area contributed by atoms with Crippen molar-refractivity contribution < 1.29 is 9.59 Å². The summed E-state index contributed by atoms with van der Waals surface area (Å²) in [6.45, 7) is 0. The summed E-state index contributed by atoms with van der Waals surface area (Å²) >= 11 is 0. The SMILES string of the molecule is NC(=O)C1C(=O)CC=CN1c1ccccc1. The van der Waals surface area contributed by atoms with Crippen molar-refractivity contribution in [1.82, 2.24) is 0 Å². The minimum Gasteiger partial charge on any atom is -0.367 e. The molecular weight excluding hydrogens is 204 g/mol. The zero-order chi connectivity index (χ0) is 11.5. The summed E-state index contributed by atoms with van der Waals surface area (Å²) in [5.74, 6) is -0.781. The van der Waals surface area contributed by atoms with Crippen LogP contribution in [0.1, 0.15) is 6.42 Å². The number of benzene rings is 1. The largest absolute Gasteiger partial charge is 0.367 e. The number of anilines is 1. The van der Waals surface area contributed by atoms with Gasteiger partial charge in [-0.1, -0.05) is 24.3 Å². The molecule has 2 N–H and O–H groups in total. The number of rotatable bonds is 2. The van der Waals surface area contributed by atoms with E-state index in [1.807, 2.05) is 30.3 Å². The quantitative estimate of drug-likeness (QED) is 0.745. The van der Waals surface area contributed by atoms with Crippen LogP contribution in [0, 0.1) is 0 Å². The number of Topliss-reactive ketones (excluding diaryl/α,β-unsaturated/α-hetero) is 1.